The molecule has 3 rings (SSSR count). The van der Waals surface area contributed by atoms with Crippen molar-refractivity contribution in [3.63, 3.8) is 0 Å². The van der Waals surface area contributed by atoms with E-state index < -0.39 is 5.97 Å². The fraction of sp³-hybridized carbons (Fsp3) is 0.571. The maximum atomic E-state index is 12.2. The summed E-state index contributed by atoms with van der Waals surface area (Å²) in [4.78, 5) is 29.8. The largest absolute Gasteiger partial charge is 0.481 e. The van der Waals surface area contributed by atoms with Crippen molar-refractivity contribution in [3.05, 3.63) is 42.2 Å². The third-order valence-corrected chi connectivity index (χ3v) is 5.76. The minimum Gasteiger partial charge on any atom is -0.481 e. The van der Waals surface area contributed by atoms with Gasteiger partial charge in [0.05, 0.1) is 5.92 Å². The maximum absolute atomic E-state index is 12.2. The van der Waals surface area contributed by atoms with Crippen LogP contribution in [-0.2, 0) is 9.59 Å². The number of hydrogen-bond donors (Lipinski definition) is 1. The highest BCUT2D eigenvalue weighted by Gasteiger charge is 2.27. The Bertz CT molecular complexity index is 636. The first-order chi connectivity index (χ1) is 12.6. The monoisotopic (exact) mass is 356 g/mol. The molecule has 0 amide bonds. The number of likely N-dealkylation sites (tertiary alicyclic amines) is 1. The fourth-order valence-corrected chi connectivity index (χ4v) is 4.28. The standard InChI is InChI=1S/C21H28N2O3/c24-19(14-16-7-9-17(10-8-16)21(25)26)5-2-12-23-13-3-6-20(23)18-4-1-11-22-15-18/h1-2,4-5,11,15-17,20H,3,6-10,12-14H2,(H,25,26)/b5-2+/t16?,17?,20-/m0/s1. The second-order valence-corrected chi connectivity index (χ2v) is 7.57. The molecule has 1 atom stereocenters. The van der Waals surface area contributed by atoms with Gasteiger partial charge in [-0.2, -0.15) is 0 Å². The Hall–Kier alpha value is -2.01. The highest BCUT2D eigenvalue weighted by Crippen LogP contribution is 2.32. The first kappa shape index (κ1) is 18.8. The van der Waals surface area contributed by atoms with Crippen molar-refractivity contribution < 1.29 is 14.7 Å². The number of carbonyl (C=O) groups is 2. The van der Waals surface area contributed by atoms with Crippen LogP contribution in [0, 0.1) is 11.8 Å². The first-order valence-electron chi connectivity index (χ1n) is 9.69. The number of aromatic nitrogens is 1. The van der Waals surface area contributed by atoms with Crippen molar-refractivity contribution in [2.75, 3.05) is 13.1 Å². The predicted octanol–water partition coefficient (Wildman–Crippen LogP) is 3.62. The molecule has 0 radical (unpaired) electrons. The SMILES string of the molecule is O=C(/C=C/CN1CCC[C@H]1c1cccnc1)CC1CCC(C(=O)O)CC1. The Morgan fingerprint density at radius 3 is 2.73 bits per heavy atom. The van der Waals surface area contributed by atoms with Crippen molar-refractivity contribution >= 4 is 11.8 Å². The second-order valence-electron chi connectivity index (χ2n) is 7.57. The Labute approximate surface area is 155 Å². The molecule has 1 aromatic rings. The molecule has 26 heavy (non-hydrogen) atoms. The van der Waals surface area contributed by atoms with Crippen molar-refractivity contribution in [1.82, 2.24) is 9.88 Å². The molecule has 1 aromatic heterocycles. The summed E-state index contributed by atoms with van der Waals surface area (Å²) in [6.07, 6.45) is 13.4. The number of carboxylic acids is 1. The number of aliphatic carboxylic acids is 1. The molecule has 1 aliphatic carbocycles. The van der Waals surface area contributed by atoms with E-state index in [1.54, 1.807) is 12.3 Å². The van der Waals surface area contributed by atoms with Gasteiger partial charge in [-0.3, -0.25) is 19.5 Å². The average Bonchev–Trinajstić information content (AvgIpc) is 3.11. The summed E-state index contributed by atoms with van der Waals surface area (Å²) < 4.78 is 0. The molecule has 0 bridgehead atoms. The second kappa shape index (κ2) is 9.08. The van der Waals surface area contributed by atoms with Crippen LogP contribution in [0.4, 0.5) is 0 Å². The number of rotatable bonds is 7. The minimum atomic E-state index is -0.691. The highest BCUT2D eigenvalue weighted by molar-refractivity contribution is 5.89. The lowest BCUT2D eigenvalue weighted by Gasteiger charge is -2.25. The van der Waals surface area contributed by atoms with E-state index in [1.165, 1.54) is 12.0 Å². The van der Waals surface area contributed by atoms with Crippen LogP contribution in [0.5, 0.6) is 0 Å². The summed E-state index contributed by atoms with van der Waals surface area (Å²) in [5.41, 5.74) is 1.25. The van der Waals surface area contributed by atoms with Crippen LogP contribution in [0.2, 0.25) is 0 Å². The van der Waals surface area contributed by atoms with Gasteiger partial charge >= 0.3 is 5.97 Å². The lowest BCUT2D eigenvalue weighted by Crippen LogP contribution is -2.24. The number of allylic oxidation sites excluding steroid dienone is 1. The number of nitrogens with zero attached hydrogens (tertiary/aromatic N) is 2. The van der Waals surface area contributed by atoms with E-state index in [9.17, 15) is 9.59 Å². The van der Waals surface area contributed by atoms with E-state index in [-0.39, 0.29) is 11.7 Å². The summed E-state index contributed by atoms with van der Waals surface area (Å²) in [7, 11) is 0. The van der Waals surface area contributed by atoms with Gasteiger partial charge in [0.2, 0.25) is 0 Å². The van der Waals surface area contributed by atoms with Gasteiger partial charge in [-0.15, -0.1) is 0 Å². The summed E-state index contributed by atoms with van der Waals surface area (Å²) in [6, 6.07) is 4.50. The van der Waals surface area contributed by atoms with Crippen LogP contribution in [0.25, 0.3) is 0 Å². The Morgan fingerprint density at radius 1 is 1.23 bits per heavy atom. The molecule has 2 fully saturated rings. The molecule has 0 aromatic carbocycles. The summed E-state index contributed by atoms with van der Waals surface area (Å²) in [5.74, 6) is -0.390. The molecule has 0 spiro atoms. The summed E-state index contributed by atoms with van der Waals surface area (Å²) >= 11 is 0. The zero-order valence-electron chi connectivity index (χ0n) is 15.2. The zero-order chi connectivity index (χ0) is 18.4. The van der Waals surface area contributed by atoms with Crippen LogP contribution in [0.3, 0.4) is 0 Å². The molecule has 1 aliphatic heterocycles. The molecule has 1 saturated carbocycles. The number of carboxylic acid groups (broad SMARTS) is 1. The molecule has 1 saturated heterocycles. The van der Waals surface area contributed by atoms with Crippen LogP contribution >= 0.6 is 0 Å². The number of carbonyl (C=O) groups excluding carboxylic acids is 1. The normalized spacial score (nSPS) is 27.0. The molecular weight excluding hydrogens is 328 g/mol. The van der Waals surface area contributed by atoms with E-state index >= 15 is 0 Å². The van der Waals surface area contributed by atoms with Gasteiger partial charge in [-0.1, -0.05) is 12.1 Å². The van der Waals surface area contributed by atoms with Crippen LogP contribution in [0.1, 0.15) is 56.6 Å². The average molecular weight is 356 g/mol. The minimum absolute atomic E-state index is 0.167. The predicted molar refractivity (Wildman–Crippen MR) is 99.6 cm³/mol. The van der Waals surface area contributed by atoms with E-state index in [4.69, 9.17) is 5.11 Å². The van der Waals surface area contributed by atoms with Crippen LogP contribution < -0.4 is 0 Å². The Kier molecular flexibility index (Phi) is 6.56. The van der Waals surface area contributed by atoms with E-state index in [1.807, 2.05) is 18.3 Å². The van der Waals surface area contributed by atoms with Crippen molar-refractivity contribution in [2.24, 2.45) is 11.8 Å². The lowest BCUT2D eigenvalue weighted by atomic mass is 9.80. The van der Waals surface area contributed by atoms with Gasteiger partial charge in [-0.05, 0) is 68.7 Å². The Morgan fingerprint density at radius 2 is 2.04 bits per heavy atom. The quantitative estimate of drug-likeness (QED) is 0.756. The van der Waals surface area contributed by atoms with Gasteiger partial charge in [0, 0.05) is 31.4 Å². The maximum Gasteiger partial charge on any atom is 0.306 e. The Balaban J connectivity index is 1.43. The van der Waals surface area contributed by atoms with E-state index in [0.29, 0.717) is 31.2 Å². The van der Waals surface area contributed by atoms with E-state index in [0.717, 1.165) is 32.4 Å². The van der Waals surface area contributed by atoms with Crippen LogP contribution in [0.15, 0.2) is 36.7 Å². The molecule has 2 aliphatic rings. The highest BCUT2D eigenvalue weighted by atomic mass is 16.4. The fourth-order valence-electron chi connectivity index (χ4n) is 4.28. The van der Waals surface area contributed by atoms with Gasteiger partial charge < -0.3 is 5.11 Å². The molecule has 1 N–H and O–H groups in total. The molecular formula is C21H28N2O3. The lowest BCUT2D eigenvalue weighted by molar-refractivity contribution is -0.143. The summed E-state index contributed by atoms with van der Waals surface area (Å²) in [5, 5.41) is 9.04. The number of pyridine rings is 1. The molecule has 5 nitrogen and oxygen atoms in total. The van der Waals surface area contributed by atoms with Gasteiger partial charge in [0.15, 0.2) is 5.78 Å². The smallest absolute Gasteiger partial charge is 0.306 e. The van der Waals surface area contributed by atoms with Crippen molar-refractivity contribution in [3.8, 4) is 0 Å². The molecule has 140 valence electrons. The van der Waals surface area contributed by atoms with E-state index in [2.05, 4.69) is 16.0 Å². The molecule has 2 heterocycles. The topological polar surface area (TPSA) is 70.5 Å². The van der Waals surface area contributed by atoms with Crippen molar-refractivity contribution in [1.29, 1.82) is 0 Å². The van der Waals surface area contributed by atoms with Gasteiger partial charge in [-0.25, -0.2) is 0 Å². The zero-order valence-corrected chi connectivity index (χ0v) is 15.2. The molecule has 5 heteroatoms. The van der Waals surface area contributed by atoms with Crippen molar-refractivity contribution in [2.45, 2.75) is 51.0 Å². The van der Waals surface area contributed by atoms with Crippen LogP contribution in [-0.4, -0.2) is 39.8 Å². The third kappa shape index (κ3) is 5.01. The van der Waals surface area contributed by atoms with Gasteiger partial charge in [0.1, 0.15) is 0 Å². The number of ketones is 1. The number of hydrogen-bond acceptors (Lipinski definition) is 4. The van der Waals surface area contributed by atoms with Gasteiger partial charge in [0.25, 0.3) is 0 Å². The third-order valence-electron chi connectivity index (χ3n) is 5.76. The first-order valence-corrected chi connectivity index (χ1v) is 9.69. The summed E-state index contributed by atoms with van der Waals surface area (Å²) in [6.45, 7) is 1.84. The molecule has 0 unspecified atom stereocenters.